The van der Waals surface area contributed by atoms with Crippen LogP contribution in [0.15, 0.2) is 74.0 Å². The summed E-state index contributed by atoms with van der Waals surface area (Å²) >= 11 is 0. The molecule has 1 aliphatic rings. The fraction of sp³-hybridized carbons (Fsp3) is 0.185. The Morgan fingerprint density at radius 1 is 1.13 bits per heavy atom. The molecule has 1 amide bonds. The van der Waals surface area contributed by atoms with Crippen LogP contribution in [-0.2, 0) is 4.79 Å². The molecule has 0 spiro atoms. The van der Waals surface area contributed by atoms with Crippen LogP contribution < -0.4 is 15.4 Å². The number of nitrogens with zero attached hydrogens (tertiary/aromatic N) is 7. The second kappa shape index (κ2) is 9.77. The summed E-state index contributed by atoms with van der Waals surface area (Å²) < 4.78 is 7.77. The van der Waals surface area contributed by atoms with Gasteiger partial charge in [0.2, 0.25) is 5.91 Å². The molecular weight excluding hydrogens is 482 g/mol. The predicted octanol–water partition coefficient (Wildman–Crippen LogP) is 4.11. The van der Waals surface area contributed by atoms with Crippen molar-refractivity contribution >= 4 is 39.9 Å². The number of benzene rings is 1. The highest BCUT2D eigenvalue weighted by atomic mass is 16.5. The molecule has 5 aromatic rings. The van der Waals surface area contributed by atoms with E-state index in [1.165, 1.54) is 18.7 Å². The first-order valence-electron chi connectivity index (χ1n) is 12.2. The minimum absolute atomic E-state index is 0.0521. The Morgan fingerprint density at radius 3 is 2.92 bits per heavy atom. The van der Waals surface area contributed by atoms with Crippen molar-refractivity contribution in [1.29, 1.82) is 0 Å². The average Bonchev–Trinajstić information content (AvgIpc) is 3.59. The fourth-order valence-corrected chi connectivity index (χ4v) is 4.49. The average molecular weight is 508 g/mol. The van der Waals surface area contributed by atoms with Crippen molar-refractivity contribution in [2.45, 2.75) is 19.4 Å². The molecule has 4 aromatic heterocycles. The van der Waals surface area contributed by atoms with Gasteiger partial charge in [0.15, 0.2) is 11.5 Å². The molecule has 2 N–H and O–H groups in total. The quantitative estimate of drug-likeness (QED) is 0.313. The van der Waals surface area contributed by atoms with Crippen LogP contribution in [0.5, 0.6) is 11.5 Å². The number of pyridine rings is 2. The number of hydrogen-bond acceptors (Lipinski definition) is 9. The molecule has 0 radical (unpaired) electrons. The molecule has 11 heteroatoms. The number of nitrogens with one attached hydrogen (secondary N) is 2. The minimum Gasteiger partial charge on any atom is -0.457 e. The van der Waals surface area contributed by atoms with Gasteiger partial charge in [-0.05, 0) is 61.4 Å². The van der Waals surface area contributed by atoms with E-state index in [-0.39, 0.29) is 11.9 Å². The number of anilines is 3. The smallest absolute Gasteiger partial charge is 0.246 e. The molecular formula is C27H25N9O2. The fourth-order valence-electron chi connectivity index (χ4n) is 4.49. The third kappa shape index (κ3) is 4.69. The lowest BCUT2D eigenvalue weighted by Crippen LogP contribution is -2.30. The van der Waals surface area contributed by atoms with E-state index in [1.807, 2.05) is 55.6 Å². The van der Waals surface area contributed by atoms with E-state index < -0.39 is 0 Å². The number of amides is 1. The van der Waals surface area contributed by atoms with Crippen LogP contribution in [0.2, 0.25) is 0 Å². The highest BCUT2D eigenvalue weighted by Crippen LogP contribution is 2.30. The molecule has 0 aliphatic carbocycles. The Hall–Kier alpha value is -5.06. The molecule has 1 aromatic carbocycles. The molecule has 6 rings (SSSR count). The van der Waals surface area contributed by atoms with Crippen molar-refractivity contribution < 1.29 is 9.53 Å². The van der Waals surface area contributed by atoms with Gasteiger partial charge in [0, 0.05) is 37.1 Å². The Labute approximate surface area is 218 Å². The van der Waals surface area contributed by atoms with Crippen LogP contribution >= 0.6 is 0 Å². The van der Waals surface area contributed by atoms with Gasteiger partial charge in [-0.3, -0.25) is 4.79 Å². The van der Waals surface area contributed by atoms with Crippen LogP contribution in [0.3, 0.4) is 0 Å². The van der Waals surface area contributed by atoms with Crippen LogP contribution in [0.4, 0.5) is 17.3 Å². The monoisotopic (exact) mass is 507 g/mol. The molecule has 1 atom stereocenters. The molecule has 1 aliphatic heterocycles. The maximum atomic E-state index is 11.9. The third-order valence-corrected chi connectivity index (χ3v) is 6.43. The molecule has 11 nitrogen and oxygen atoms in total. The summed E-state index contributed by atoms with van der Waals surface area (Å²) in [5, 5.41) is 10.9. The van der Waals surface area contributed by atoms with Crippen molar-refractivity contribution in [3.05, 3.63) is 79.5 Å². The van der Waals surface area contributed by atoms with Gasteiger partial charge < -0.3 is 20.3 Å². The zero-order chi connectivity index (χ0) is 26.1. The summed E-state index contributed by atoms with van der Waals surface area (Å²) in [5.74, 6) is 2.66. The van der Waals surface area contributed by atoms with E-state index in [2.05, 4.69) is 37.3 Å². The standard InChI is InChI=1S/C27H25N9O2/c1-3-25(37)35-10-8-19(14-35)32-23-7-5-21-26(34-23)27(30-15-28-21)33-18-4-6-22(17(2)12-18)38-20-9-11-36-24(13-20)29-16-31-36/h3-7,9,11-13,15-16,19H,1,8,10,14H2,2H3,(H,32,34)(H,28,30,33)/t19-/m1/s1. The first-order chi connectivity index (χ1) is 18.6. The summed E-state index contributed by atoms with van der Waals surface area (Å²) in [6.07, 6.45) is 7.02. The Balaban J connectivity index is 1.19. The number of aryl methyl sites for hydroxylation is 1. The molecule has 38 heavy (non-hydrogen) atoms. The van der Waals surface area contributed by atoms with Crippen LogP contribution in [0.25, 0.3) is 16.7 Å². The lowest BCUT2D eigenvalue weighted by atomic mass is 10.2. The van der Waals surface area contributed by atoms with Crippen LogP contribution in [0.1, 0.15) is 12.0 Å². The molecule has 0 bridgehead atoms. The highest BCUT2D eigenvalue weighted by molar-refractivity contribution is 5.88. The van der Waals surface area contributed by atoms with Crippen molar-refractivity contribution in [3.8, 4) is 11.5 Å². The van der Waals surface area contributed by atoms with Gasteiger partial charge in [-0.1, -0.05) is 6.58 Å². The zero-order valence-corrected chi connectivity index (χ0v) is 20.7. The SMILES string of the molecule is C=CC(=O)N1CC[C@@H](Nc2ccc3ncnc(Nc4ccc(Oc5ccn6ncnc6c5)c(C)c4)c3n2)C1. The summed E-state index contributed by atoms with van der Waals surface area (Å²) in [6.45, 7) is 6.86. The number of carbonyl (C=O) groups excluding carboxylic acids is 1. The third-order valence-electron chi connectivity index (χ3n) is 6.43. The van der Waals surface area contributed by atoms with Crippen LogP contribution in [0, 0.1) is 6.92 Å². The van der Waals surface area contributed by atoms with E-state index in [9.17, 15) is 4.79 Å². The van der Waals surface area contributed by atoms with Gasteiger partial charge in [0.25, 0.3) is 0 Å². The topological polar surface area (TPSA) is 122 Å². The number of aromatic nitrogens is 6. The first kappa shape index (κ1) is 23.3. The van der Waals surface area contributed by atoms with Crippen LogP contribution in [-0.4, -0.2) is 59.5 Å². The van der Waals surface area contributed by atoms with Gasteiger partial charge in [0.1, 0.15) is 35.5 Å². The second-order valence-corrected chi connectivity index (χ2v) is 9.04. The van der Waals surface area contributed by atoms with Gasteiger partial charge in [0.05, 0.1) is 5.52 Å². The van der Waals surface area contributed by atoms with Gasteiger partial charge >= 0.3 is 0 Å². The molecule has 1 saturated heterocycles. The summed E-state index contributed by atoms with van der Waals surface area (Å²) in [7, 11) is 0. The molecule has 190 valence electrons. The molecule has 5 heterocycles. The normalized spacial score (nSPS) is 15.1. The van der Waals surface area contributed by atoms with E-state index in [0.717, 1.165) is 28.9 Å². The Morgan fingerprint density at radius 2 is 2.05 bits per heavy atom. The Kier molecular flexibility index (Phi) is 6.00. The van der Waals surface area contributed by atoms with Gasteiger partial charge in [-0.15, -0.1) is 0 Å². The number of rotatable bonds is 7. The predicted molar refractivity (Wildman–Crippen MR) is 144 cm³/mol. The number of carbonyl (C=O) groups is 1. The van der Waals surface area contributed by atoms with E-state index in [1.54, 1.807) is 9.42 Å². The van der Waals surface area contributed by atoms with Crippen molar-refractivity contribution in [2.24, 2.45) is 0 Å². The van der Waals surface area contributed by atoms with Crippen molar-refractivity contribution in [3.63, 3.8) is 0 Å². The van der Waals surface area contributed by atoms with E-state index in [0.29, 0.717) is 41.6 Å². The van der Waals surface area contributed by atoms with Gasteiger partial charge in [-0.2, -0.15) is 5.10 Å². The maximum Gasteiger partial charge on any atom is 0.246 e. The lowest BCUT2D eigenvalue weighted by Gasteiger charge is -2.16. The number of fused-ring (bicyclic) bond motifs is 2. The number of likely N-dealkylation sites (tertiary alicyclic amines) is 1. The minimum atomic E-state index is -0.0521. The lowest BCUT2D eigenvalue weighted by molar-refractivity contribution is -0.125. The largest absolute Gasteiger partial charge is 0.457 e. The first-order valence-corrected chi connectivity index (χ1v) is 12.2. The summed E-state index contributed by atoms with van der Waals surface area (Å²) in [4.78, 5) is 31.5. The maximum absolute atomic E-state index is 11.9. The second-order valence-electron chi connectivity index (χ2n) is 9.04. The van der Waals surface area contributed by atoms with Crippen molar-refractivity contribution in [1.82, 2.24) is 34.4 Å². The number of hydrogen-bond donors (Lipinski definition) is 2. The zero-order valence-electron chi connectivity index (χ0n) is 20.7. The van der Waals surface area contributed by atoms with E-state index in [4.69, 9.17) is 9.72 Å². The van der Waals surface area contributed by atoms with E-state index >= 15 is 0 Å². The summed E-state index contributed by atoms with van der Waals surface area (Å²) in [6, 6.07) is 13.4. The highest BCUT2D eigenvalue weighted by Gasteiger charge is 2.25. The van der Waals surface area contributed by atoms with Gasteiger partial charge in [-0.25, -0.2) is 24.5 Å². The molecule has 0 unspecified atom stereocenters. The van der Waals surface area contributed by atoms with Crippen molar-refractivity contribution in [2.75, 3.05) is 23.7 Å². The number of ether oxygens (including phenoxy) is 1. The molecule has 0 saturated carbocycles. The Bertz CT molecular complexity index is 1670. The summed E-state index contributed by atoms with van der Waals surface area (Å²) in [5.41, 5.74) is 3.88. The molecule has 1 fully saturated rings.